The van der Waals surface area contributed by atoms with Crippen molar-refractivity contribution < 1.29 is 34.5 Å². The van der Waals surface area contributed by atoms with Crippen LogP contribution in [0.15, 0.2) is 29.3 Å². The van der Waals surface area contributed by atoms with Crippen molar-refractivity contribution >= 4 is 29.7 Å². The number of phenolic OH excluding ortho intramolecular Hbond substituents is 1. The van der Waals surface area contributed by atoms with Crippen LogP contribution in [0.5, 0.6) is 5.75 Å². The number of aliphatic carboxylic acids is 1. The lowest BCUT2D eigenvalue weighted by atomic mass is 10.0. The van der Waals surface area contributed by atoms with Crippen LogP contribution in [0.3, 0.4) is 0 Å². The summed E-state index contributed by atoms with van der Waals surface area (Å²) in [6.45, 7) is -0.165. The molecule has 14 N–H and O–H groups in total. The molecule has 0 spiro atoms. The van der Waals surface area contributed by atoms with Gasteiger partial charge in [-0.05, 0) is 56.3 Å². The van der Waals surface area contributed by atoms with Gasteiger partial charge in [-0.1, -0.05) is 12.1 Å². The molecule has 1 aromatic carbocycles. The average Bonchev–Trinajstić information content (AvgIpc) is 2.89. The molecule has 0 aromatic heterocycles. The fourth-order valence-electron chi connectivity index (χ4n) is 3.50. The highest BCUT2D eigenvalue weighted by molar-refractivity contribution is 5.94. The lowest BCUT2D eigenvalue weighted by molar-refractivity contribution is -0.142. The van der Waals surface area contributed by atoms with Crippen LogP contribution in [0, 0.1) is 0 Å². The van der Waals surface area contributed by atoms with E-state index in [4.69, 9.17) is 22.9 Å². The molecule has 0 aliphatic rings. The van der Waals surface area contributed by atoms with Crippen molar-refractivity contribution in [3.05, 3.63) is 29.8 Å². The van der Waals surface area contributed by atoms with E-state index in [0.29, 0.717) is 31.4 Å². The van der Waals surface area contributed by atoms with Crippen LogP contribution in [0.25, 0.3) is 0 Å². The van der Waals surface area contributed by atoms with Crippen LogP contribution in [-0.2, 0) is 25.6 Å². The zero-order valence-electron chi connectivity index (χ0n) is 21.7. The van der Waals surface area contributed by atoms with E-state index in [9.17, 15) is 34.5 Å². The van der Waals surface area contributed by atoms with Crippen LogP contribution in [0.1, 0.15) is 37.7 Å². The van der Waals surface area contributed by atoms with Crippen molar-refractivity contribution in [1.82, 2.24) is 16.0 Å². The predicted molar refractivity (Wildman–Crippen MR) is 143 cm³/mol. The van der Waals surface area contributed by atoms with E-state index in [1.54, 1.807) is 0 Å². The van der Waals surface area contributed by atoms with Gasteiger partial charge in [-0.2, -0.15) is 0 Å². The Hall–Kier alpha value is -3.95. The topological polar surface area (TPSA) is 282 Å². The fourth-order valence-corrected chi connectivity index (χ4v) is 3.50. The van der Waals surface area contributed by atoms with Crippen molar-refractivity contribution in [2.75, 3.05) is 19.7 Å². The minimum atomic E-state index is -1.43. The molecule has 4 unspecified atom stereocenters. The van der Waals surface area contributed by atoms with E-state index in [-0.39, 0.29) is 37.5 Å². The smallest absolute Gasteiger partial charge is 0.326 e. The van der Waals surface area contributed by atoms with Crippen LogP contribution < -0.4 is 38.9 Å². The molecule has 0 heterocycles. The number of nitrogens with two attached hydrogens (primary N) is 4. The number of carbonyl (C=O) groups is 4. The molecule has 0 fully saturated rings. The number of hydrogen-bond donors (Lipinski definition) is 10. The van der Waals surface area contributed by atoms with Crippen molar-refractivity contribution in [3.8, 4) is 5.75 Å². The third-order valence-corrected chi connectivity index (χ3v) is 5.69. The molecular weight excluding hydrogens is 512 g/mol. The number of nitrogens with zero attached hydrogens (tertiary/aromatic N) is 1. The second kappa shape index (κ2) is 17.5. The predicted octanol–water partition coefficient (Wildman–Crippen LogP) is -3.02. The third-order valence-electron chi connectivity index (χ3n) is 5.69. The number of aromatic hydroxyl groups is 1. The Kier molecular flexibility index (Phi) is 14.9. The average molecular weight is 553 g/mol. The Bertz CT molecular complexity index is 970. The number of phenols is 1. The summed E-state index contributed by atoms with van der Waals surface area (Å²) in [7, 11) is 0. The largest absolute Gasteiger partial charge is 0.508 e. The number of unbranched alkanes of at least 4 members (excludes halogenated alkanes) is 1. The summed E-state index contributed by atoms with van der Waals surface area (Å²) in [6.07, 6.45) is 1.70. The maximum absolute atomic E-state index is 13.1. The molecule has 218 valence electrons. The number of aliphatic hydroxyl groups excluding tert-OH is 1. The molecule has 0 aliphatic heterocycles. The Labute approximate surface area is 226 Å². The minimum absolute atomic E-state index is 0.00711. The molecule has 0 saturated heterocycles. The highest BCUT2D eigenvalue weighted by atomic mass is 16.4. The number of guanidine groups is 1. The van der Waals surface area contributed by atoms with Gasteiger partial charge in [0, 0.05) is 13.0 Å². The van der Waals surface area contributed by atoms with Crippen molar-refractivity contribution in [2.24, 2.45) is 27.9 Å². The number of aliphatic hydroxyl groups is 1. The summed E-state index contributed by atoms with van der Waals surface area (Å²) in [4.78, 5) is 53.9. The molecule has 0 bridgehead atoms. The second-order valence-electron chi connectivity index (χ2n) is 8.91. The van der Waals surface area contributed by atoms with Crippen LogP contribution >= 0.6 is 0 Å². The van der Waals surface area contributed by atoms with Gasteiger partial charge in [0.1, 0.15) is 23.9 Å². The number of aliphatic imine (C=N–C) groups is 1. The molecule has 0 aliphatic carbocycles. The maximum atomic E-state index is 13.1. The van der Waals surface area contributed by atoms with Gasteiger partial charge in [0.15, 0.2) is 5.96 Å². The number of amides is 3. The van der Waals surface area contributed by atoms with Crippen LogP contribution in [-0.4, -0.2) is 88.8 Å². The molecule has 0 radical (unpaired) electrons. The number of carboxylic acid groups (broad SMARTS) is 1. The molecule has 39 heavy (non-hydrogen) atoms. The van der Waals surface area contributed by atoms with E-state index in [0.717, 1.165) is 0 Å². The quantitative estimate of drug-likeness (QED) is 0.0496. The molecule has 1 aromatic rings. The molecular formula is C24H40N8O7. The van der Waals surface area contributed by atoms with E-state index in [1.807, 2.05) is 0 Å². The Morgan fingerprint density at radius 1 is 0.846 bits per heavy atom. The first-order valence-corrected chi connectivity index (χ1v) is 12.5. The van der Waals surface area contributed by atoms with Gasteiger partial charge in [-0.15, -0.1) is 0 Å². The molecule has 15 heteroatoms. The van der Waals surface area contributed by atoms with Gasteiger partial charge in [-0.3, -0.25) is 19.4 Å². The fraction of sp³-hybridized carbons (Fsp3) is 0.542. The van der Waals surface area contributed by atoms with Crippen LogP contribution in [0.2, 0.25) is 0 Å². The van der Waals surface area contributed by atoms with Crippen molar-refractivity contribution in [3.63, 3.8) is 0 Å². The number of rotatable bonds is 18. The number of nitrogens with one attached hydrogen (secondary N) is 3. The first-order chi connectivity index (χ1) is 18.5. The number of carbonyl (C=O) groups excluding carboxylic acids is 3. The number of benzene rings is 1. The molecule has 15 nitrogen and oxygen atoms in total. The second-order valence-corrected chi connectivity index (χ2v) is 8.91. The minimum Gasteiger partial charge on any atom is -0.508 e. The highest BCUT2D eigenvalue weighted by Crippen LogP contribution is 2.12. The standard InChI is InChI=1S/C24H40N8O7/c25-10-2-1-5-17(23(38)39)30-21(36)18(12-14-6-8-15(34)9-7-14)31-22(37)19(13-33)32-20(35)16(26)4-3-11-29-24(27)28/h6-9,16-19,33-34H,1-5,10-13,25-26H2,(H,30,36)(H,31,37)(H,32,35)(H,38,39)(H4,27,28,29). The molecule has 0 saturated carbocycles. The van der Waals surface area contributed by atoms with E-state index < -0.39 is 54.5 Å². The third kappa shape index (κ3) is 12.9. The van der Waals surface area contributed by atoms with Gasteiger partial charge < -0.3 is 54.2 Å². The summed E-state index contributed by atoms with van der Waals surface area (Å²) in [5.74, 6) is -3.72. The van der Waals surface area contributed by atoms with E-state index in [2.05, 4.69) is 20.9 Å². The summed E-state index contributed by atoms with van der Waals surface area (Å²) in [5.41, 5.74) is 22.3. The molecule has 1 rings (SSSR count). The summed E-state index contributed by atoms with van der Waals surface area (Å²) in [5, 5.41) is 36.0. The van der Waals surface area contributed by atoms with Gasteiger partial charge >= 0.3 is 5.97 Å². The van der Waals surface area contributed by atoms with Gasteiger partial charge in [0.2, 0.25) is 17.7 Å². The van der Waals surface area contributed by atoms with E-state index in [1.165, 1.54) is 24.3 Å². The Balaban J connectivity index is 2.95. The summed E-state index contributed by atoms with van der Waals surface area (Å²) >= 11 is 0. The summed E-state index contributed by atoms with van der Waals surface area (Å²) < 4.78 is 0. The normalized spacial score (nSPS) is 13.8. The Morgan fingerprint density at radius 3 is 2.00 bits per heavy atom. The summed E-state index contributed by atoms with van der Waals surface area (Å²) in [6, 6.07) is 0.924. The maximum Gasteiger partial charge on any atom is 0.326 e. The number of carboxylic acids is 1. The molecule has 4 atom stereocenters. The van der Waals surface area contributed by atoms with Gasteiger partial charge in [0.25, 0.3) is 0 Å². The van der Waals surface area contributed by atoms with Crippen molar-refractivity contribution in [1.29, 1.82) is 0 Å². The van der Waals surface area contributed by atoms with Gasteiger partial charge in [-0.25, -0.2) is 4.79 Å². The Morgan fingerprint density at radius 2 is 1.44 bits per heavy atom. The monoisotopic (exact) mass is 552 g/mol. The first-order valence-electron chi connectivity index (χ1n) is 12.5. The van der Waals surface area contributed by atoms with Crippen molar-refractivity contribution in [2.45, 2.75) is 62.7 Å². The van der Waals surface area contributed by atoms with Gasteiger partial charge in [0.05, 0.1) is 12.6 Å². The molecule has 3 amide bonds. The SMILES string of the molecule is NCCCCC(NC(=O)C(Cc1ccc(O)cc1)NC(=O)C(CO)NC(=O)C(N)CCCN=C(N)N)C(=O)O. The lowest BCUT2D eigenvalue weighted by Gasteiger charge is -2.24. The zero-order valence-corrected chi connectivity index (χ0v) is 21.7. The number of hydrogen-bond acceptors (Lipinski definition) is 9. The zero-order chi connectivity index (χ0) is 29.4. The van der Waals surface area contributed by atoms with E-state index >= 15 is 0 Å². The van der Waals surface area contributed by atoms with Crippen LogP contribution in [0.4, 0.5) is 0 Å². The first kappa shape index (κ1) is 33.1. The lowest BCUT2D eigenvalue weighted by Crippen LogP contribution is -2.58. The highest BCUT2D eigenvalue weighted by Gasteiger charge is 2.30.